The number of nitrogens with zero attached hydrogens (tertiary/aromatic N) is 1. The molecule has 1 aliphatic carbocycles. The SMILES string of the molecule is Cc1nc(Cl)sc1S(=O)(=O)NCCCC(=O)NC1CC1. The number of nitrogens with one attached hydrogen (secondary N) is 2. The predicted molar refractivity (Wildman–Crippen MR) is 77.4 cm³/mol. The van der Waals surface area contributed by atoms with Gasteiger partial charge in [-0.1, -0.05) is 22.9 Å². The van der Waals surface area contributed by atoms with Crippen LogP contribution in [0.5, 0.6) is 0 Å². The predicted octanol–water partition coefficient (Wildman–Crippen LogP) is 1.44. The van der Waals surface area contributed by atoms with E-state index < -0.39 is 10.0 Å². The van der Waals surface area contributed by atoms with Crippen LogP contribution in [0.2, 0.25) is 4.47 Å². The second-order valence-corrected chi connectivity index (χ2v) is 8.23. The van der Waals surface area contributed by atoms with Crippen LogP contribution >= 0.6 is 22.9 Å². The molecule has 1 amide bonds. The van der Waals surface area contributed by atoms with Crippen molar-refractivity contribution in [2.75, 3.05) is 6.54 Å². The van der Waals surface area contributed by atoms with E-state index in [-0.39, 0.29) is 21.1 Å². The van der Waals surface area contributed by atoms with Crippen LogP contribution in [0, 0.1) is 6.92 Å². The van der Waals surface area contributed by atoms with Gasteiger partial charge in [-0.2, -0.15) is 0 Å². The van der Waals surface area contributed by atoms with Crippen LogP contribution in [0.3, 0.4) is 0 Å². The van der Waals surface area contributed by atoms with Gasteiger partial charge in [-0.25, -0.2) is 18.1 Å². The summed E-state index contributed by atoms with van der Waals surface area (Å²) in [5.74, 6) is -0.0243. The van der Waals surface area contributed by atoms with Crippen molar-refractivity contribution < 1.29 is 13.2 Å². The maximum atomic E-state index is 12.0. The summed E-state index contributed by atoms with van der Waals surface area (Å²) in [5.41, 5.74) is 0.388. The van der Waals surface area contributed by atoms with Crippen molar-refractivity contribution in [1.29, 1.82) is 0 Å². The highest BCUT2D eigenvalue weighted by Gasteiger charge is 2.23. The number of thiazole rings is 1. The van der Waals surface area contributed by atoms with E-state index in [0.717, 1.165) is 24.2 Å². The third-order valence-electron chi connectivity index (χ3n) is 2.79. The minimum atomic E-state index is -3.59. The second-order valence-electron chi connectivity index (χ2n) is 4.68. The molecule has 112 valence electrons. The smallest absolute Gasteiger partial charge is 0.251 e. The Labute approximate surface area is 127 Å². The molecule has 1 aliphatic rings. The summed E-state index contributed by atoms with van der Waals surface area (Å²) in [6.07, 6.45) is 2.87. The first-order valence-corrected chi connectivity index (χ1v) is 8.98. The van der Waals surface area contributed by atoms with E-state index in [9.17, 15) is 13.2 Å². The number of carbonyl (C=O) groups is 1. The van der Waals surface area contributed by atoms with Gasteiger partial charge in [-0.3, -0.25) is 4.79 Å². The molecule has 2 N–H and O–H groups in total. The zero-order chi connectivity index (χ0) is 14.8. The maximum absolute atomic E-state index is 12.0. The van der Waals surface area contributed by atoms with Gasteiger partial charge in [0, 0.05) is 19.0 Å². The fourth-order valence-corrected chi connectivity index (χ4v) is 4.50. The van der Waals surface area contributed by atoms with Gasteiger partial charge >= 0.3 is 0 Å². The van der Waals surface area contributed by atoms with Crippen molar-refractivity contribution in [2.45, 2.75) is 42.9 Å². The highest BCUT2D eigenvalue weighted by Crippen LogP contribution is 2.26. The van der Waals surface area contributed by atoms with Gasteiger partial charge < -0.3 is 5.32 Å². The average Bonchev–Trinajstić information content (AvgIpc) is 3.08. The average molecular weight is 338 g/mol. The molecular formula is C11H16ClN3O3S2. The fraction of sp³-hybridized carbons (Fsp3) is 0.636. The summed E-state index contributed by atoms with van der Waals surface area (Å²) < 4.78 is 26.8. The Kier molecular flexibility index (Phi) is 5.00. The topological polar surface area (TPSA) is 88.2 Å². The van der Waals surface area contributed by atoms with E-state index in [2.05, 4.69) is 15.0 Å². The third kappa shape index (κ3) is 4.41. The van der Waals surface area contributed by atoms with Crippen LogP contribution in [0.25, 0.3) is 0 Å². The van der Waals surface area contributed by atoms with E-state index in [1.807, 2.05) is 0 Å². The molecule has 0 radical (unpaired) electrons. The number of rotatable bonds is 7. The fourth-order valence-electron chi connectivity index (χ4n) is 1.65. The van der Waals surface area contributed by atoms with Gasteiger partial charge in [0.05, 0.1) is 5.69 Å². The zero-order valence-corrected chi connectivity index (χ0v) is 13.4. The number of aryl methyl sites for hydroxylation is 1. The molecular weight excluding hydrogens is 322 g/mol. The van der Waals surface area contributed by atoms with Gasteiger partial charge in [0.25, 0.3) is 10.0 Å². The van der Waals surface area contributed by atoms with Crippen molar-refractivity contribution in [2.24, 2.45) is 0 Å². The van der Waals surface area contributed by atoms with Gasteiger partial charge in [0.15, 0.2) is 8.68 Å². The Morgan fingerprint density at radius 2 is 2.20 bits per heavy atom. The van der Waals surface area contributed by atoms with Crippen molar-refractivity contribution in [1.82, 2.24) is 15.0 Å². The summed E-state index contributed by atoms with van der Waals surface area (Å²) in [4.78, 5) is 15.3. The monoisotopic (exact) mass is 337 g/mol. The Morgan fingerprint density at radius 1 is 1.50 bits per heavy atom. The molecule has 1 aromatic rings. The maximum Gasteiger partial charge on any atom is 0.251 e. The first kappa shape index (κ1) is 15.7. The first-order valence-electron chi connectivity index (χ1n) is 6.30. The lowest BCUT2D eigenvalue weighted by Crippen LogP contribution is -2.28. The van der Waals surface area contributed by atoms with Gasteiger partial charge in [-0.15, -0.1) is 0 Å². The summed E-state index contributed by atoms with van der Waals surface area (Å²) in [6.45, 7) is 1.81. The first-order chi connectivity index (χ1) is 9.38. The molecule has 0 bridgehead atoms. The quantitative estimate of drug-likeness (QED) is 0.737. The van der Waals surface area contributed by atoms with E-state index >= 15 is 0 Å². The van der Waals surface area contributed by atoms with Gasteiger partial charge in [0.2, 0.25) is 5.91 Å². The standard InChI is InChI=1S/C11H16ClN3O3S2/c1-7-10(19-11(12)14-7)20(17,18)13-6-2-3-9(16)15-8-4-5-8/h8,13H,2-6H2,1H3,(H,15,16). The minimum absolute atomic E-state index is 0.0243. The molecule has 1 saturated carbocycles. The highest BCUT2D eigenvalue weighted by atomic mass is 35.5. The molecule has 0 saturated heterocycles. The highest BCUT2D eigenvalue weighted by molar-refractivity contribution is 7.91. The van der Waals surface area contributed by atoms with Crippen LogP contribution in [0.4, 0.5) is 0 Å². The molecule has 1 fully saturated rings. The number of aromatic nitrogens is 1. The summed E-state index contributed by atoms with van der Waals surface area (Å²) in [5, 5.41) is 2.85. The lowest BCUT2D eigenvalue weighted by atomic mass is 10.3. The summed E-state index contributed by atoms with van der Waals surface area (Å²) in [6, 6.07) is 0.334. The number of hydrogen-bond acceptors (Lipinski definition) is 5. The van der Waals surface area contributed by atoms with Crippen molar-refractivity contribution in [3.63, 3.8) is 0 Å². The minimum Gasteiger partial charge on any atom is -0.353 e. The van der Waals surface area contributed by atoms with Crippen molar-refractivity contribution in [3.05, 3.63) is 10.2 Å². The molecule has 1 heterocycles. The molecule has 0 spiro atoms. The van der Waals surface area contributed by atoms with E-state index in [4.69, 9.17) is 11.6 Å². The Bertz CT molecular complexity index is 596. The summed E-state index contributed by atoms with van der Waals surface area (Å²) >= 11 is 6.62. The Morgan fingerprint density at radius 3 is 2.75 bits per heavy atom. The lowest BCUT2D eigenvalue weighted by Gasteiger charge is -2.05. The zero-order valence-electron chi connectivity index (χ0n) is 11.0. The molecule has 2 rings (SSSR count). The molecule has 20 heavy (non-hydrogen) atoms. The molecule has 6 nitrogen and oxygen atoms in total. The van der Waals surface area contributed by atoms with Gasteiger partial charge in [-0.05, 0) is 26.2 Å². The lowest BCUT2D eigenvalue weighted by molar-refractivity contribution is -0.121. The normalized spacial score (nSPS) is 15.3. The Hall–Kier alpha value is -0.700. The number of hydrogen-bond donors (Lipinski definition) is 2. The van der Waals surface area contributed by atoms with Crippen molar-refractivity contribution >= 4 is 38.9 Å². The molecule has 9 heteroatoms. The van der Waals surface area contributed by atoms with Crippen LogP contribution in [-0.2, 0) is 14.8 Å². The molecule has 1 aromatic heterocycles. The van der Waals surface area contributed by atoms with Crippen molar-refractivity contribution in [3.8, 4) is 0 Å². The molecule has 0 atom stereocenters. The van der Waals surface area contributed by atoms with E-state index in [1.165, 1.54) is 0 Å². The van der Waals surface area contributed by atoms with Crippen LogP contribution in [0.15, 0.2) is 4.21 Å². The molecule has 0 aromatic carbocycles. The van der Waals surface area contributed by atoms with E-state index in [1.54, 1.807) is 6.92 Å². The van der Waals surface area contributed by atoms with Gasteiger partial charge in [0.1, 0.15) is 0 Å². The number of halogens is 1. The number of carbonyl (C=O) groups excluding carboxylic acids is 1. The van der Waals surface area contributed by atoms with Crippen LogP contribution in [0.1, 0.15) is 31.4 Å². The largest absolute Gasteiger partial charge is 0.353 e. The molecule has 0 unspecified atom stereocenters. The number of sulfonamides is 1. The summed E-state index contributed by atoms with van der Waals surface area (Å²) in [7, 11) is -3.59. The van der Waals surface area contributed by atoms with E-state index in [0.29, 0.717) is 24.6 Å². The molecule has 0 aliphatic heterocycles. The van der Waals surface area contributed by atoms with Crippen LogP contribution < -0.4 is 10.0 Å². The second kappa shape index (κ2) is 6.38. The van der Waals surface area contributed by atoms with Crippen LogP contribution in [-0.4, -0.2) is 31.9 Å². The Balaban J connectivity index is 1.77. The number of amides is 1. The third-order valence-corrected chi connectivity index (χ3v) is 6.12.